The Bertz CT molecular complexity index is 440. The van der Waals surface area contributed by atoms with Crippen molar-refractivity contribution in [2.24, 2.45) is 11.8 Å². The number of hydrogen-bond acceptors (Lipinski definition) is 4. The zero-order chi connectivity index (χ0) is 13.2. The second-order valence-electron chi connectivity index (χ2n) is 6.18. The molecular weight excluding hydrogens is 236 g/mol. The number of nitrogens with one attached hydrogen (secondary N) is 1. The van der Waals surface area contributed by atoms with Gasteiger partial charge in [0.15, 0.2) is 0 Å². The molecule has 0 saturated heterocycles. The molecule has 0 radical (unpaired) electrons. The number of hydrazine groups is 1. The molecular formula is C15H24N4. The summed E-state index contributed by atoms with van der Waals surface area (Å²) in [5.74, 6) is 8.89. The van der Waals surface area contributed by atoms with Crippen LogP contribution < -0.4 is 11.3 Å². The summed E-state index contributed by atoms with van der Waals surface area (Å²) in [6.45, 7) is 2.34. The molecule has 1 heterocycles. The first-order chi connectivity index (χ1) is 9.28. The van der Waals surface area contributed by atoms with Gasteiger partial charge < -0.3 is 5.43 Å². The number of nitrogens with two attached hydrogens (primary N) is 1. The zero-order valence-corrected chi connectivity index (χ0v) is 11.8. The summed E-state index contributed by atoms with van der Waals surface area (Å²) in [6.07, 6.45) is 9.73. The second-order valence-corrected chi connectivity index (χ2v) is 6.18. The molecule has 2 atom stereocenters. The molecule has 19 heavy (non-hydrogen) atoms. The molecule has 2 aliphatic carbocycles. The van der Waals surface area contributed by atoms with Gasteiger partial charge in [-0.25, -0.2) is 15.8 Å². The van der Waals surface area contributed by atoms with E-state index in [0.717, 1.165) is 30.4 Å². The molecule has 1 saturated carbocycles. The number of hydrogen-bond donors (Lipinski definition) is 2. The van der Waals surface area contributed by atoms with Crippen molar-refractivity contribution in [2.75, 3.05) is 5.43 Å². The van der Waals surface area contributed by atoms with E-state index in [1.807, 2.05) is 0 Å². The average molecular weight is 260 g/mol. The predicted octanol–water partition coefficient (Wildman–Crippen LogP) is 2.93. The predicted molar refractivity (Wildman–Crippen MR) is 76.9 cm³/mol. The van der Waals surface area contributed by atoms with Crippen molar-refractivity contribution in [1.82, 2.24) is 9.97 Å². The van der Waals surface area contributed by atoms with E-state index in [0.29, 0.717) is 5.92 Å². The fourth-order valence-electron chi connectivity index (χ4n) is 3.58. The third-order valence-electron chi connectivity index (χ3n) is 4.64. The van der Waals surface area contributed by atoms with Gasteiger partial charge in [-0.15, -0.1) is 0 Å². The van der Waals surface area contributed by atoms with Crippen LogP contribution in [0.25, 0.3) is 0 Å². The first kappa shape index (κ1) is 12.9. The number of aryl methyl sites for hydroxylation is 1. The summed E-state index contributed by atoms with van der Waals surface area (Å²) in [6, 6.07) is 0. The van der Waals surface area contributed by atoms with E-state index in [-0.39, 0.29) is 0 Å². The number of fused-ring (bicyclic) bond motifs is 1. The van der Waals surface area contributed by atoms with E-state index in [1.54, 1.807) is 0 Å². The van der Waals surface area contributed by atoms with Gasteiger partial charge in [0.1, 0.15) is 11.6 Å². The van der Waals surface area contributed by atoms with Gasteiger partial charge in [-0.1, -0.05) is 19.8 Å². The normalized spacial score (nSPS) is 26.8. The lowest BCUT2D eigenvalue weighted by Crippen LogP contribution is -2.21. The van der Waals surface area contributed by atoms with Crippen LogP contribution in [0.3, 0.4) is 0 Å². The Labute approximate surface area is 115 Å². The van der Waals surface area contributed by atoms with Gasteiger partial charge in [-0.05, 0) is 44.4 Å². The Balaban J connectivity index is 1.93. The highest BCUT2D eigenvalue weighted by molar-refractivity contribution is 5.47. The number of nitrogen functional groups attached to an aromatic ring is 1. The van der Waals surface area contributed by atoms with Gasteiger partial charge in [-0.3, -0.25) is 0 Å². The fourth-order valence-corrected chi connectivity index (χ4v) is 3.58. The van der Waals surface area contributed by atoms with Crippen molar-refractivity contribution in [3.8, 4) is 0 Å². The van der Waals surface area contributed by atoms with Crippen LogP contribution in [-0.2, 0) is 12.8 Å². The molecule has 0 aliphatic heterocycles. The number of nitrogens with zero attached hydrogens (tertiary/aromatic N) is 2. The number of rotatable bonds is 2. The maximum absolute atomic E-state index is 5.66. The Kier molecular flexibility index (Phi) is 3.69. The molecule has 0 spiro atoms. The van der Waals surface area contributed by atoms with E-state index >= 15 is 0 Å². The van der Waals surface area contributed by atoms with Gasteiger partial charge in [0, 0.05) is 17.2 Å². The molecule has 3 rings (SSSR count). The summed E-state index contributed by atoms with van der Waals surface area (Å²) in [4.78, 5) is 9.59. The van der Waals surface area contributed by atoms with Crippen LogP contribution in [0, 0.1) is 5.92 Å². The highest BCUT2D eigenvalue weighted by Gasteiger charge is 2.25. The first-order valence-corrected chi connectivity index (χ1v) is 7.64. The minimum absolute atomic E-state index is 0.531. The van der Waals surface area contributed by atoms with Gasteiger partial charge in [0.05, 0.1) is 0 Å². The molecule has 4 nitrogen and oxygen atoms in total. The SMILES string of the molecule is CC1CCCC(c2nc3c(c(NN)n2)CCCC3)C1. The third kappa shape index (κ3) is 2.59. The largest absolute Gasteiger partial charge is 0.308 e. The molecule has 0 bridgehead atoms. The second kappa shape index (κ2) is 5.45. The van der Waals surface area contributed by atoms with Gasteiger partial charge >= 0.3 is 0 Å². The van der Waals surface area contributed by atoms with Crippen molar-refractivity contribution in [2.45, 2.75) is 64.2 Å². The van der Waals surface area contributed by atoms with E-state index in [1.165, 1.54) is 49.8 Å². The minimum atomic E-state index is 0.531. The fraction of sp³-hybridized carbons (Fsp3) is 0.733. The Morgan fingerprint density at radius 2 is 1.95 bits per heavy atom. The van der Waals surface area contributed by atoms with Crippen molar-refractivity contribution < 1.29 is 0 Å². The number of aromatic nitrogens is 2. The van der Waals surface area contributed by atoms with E-state index < -0.39 is 0 Å². The lowest BCUT2D eigenvalue weighted by Gasteiger charge is -2.27. The first-order valence-electron chi connectivity index (χ1n) is 7.64. The van der Waals surface area contributed by atoms with Crippen LogP contribution in [0.5, 0.6) is 0 Å². The standard InChI is InChI=1S/C15H24N4/c1-10-5-4-6-11(9-10)14-17-13-8-3-2-7-12(13)15(18-14)19-16/h10-11H,2-9,16H2,1H3,(H,17,18,19). The molecule has 0 aromatic carbocycles. The number of anilines is 1. The molecule has 1 fully saturated rings. The van der Waals surface area contributed by atoms with Crippen LogP contribution in [0.15, 0.2) is 0 Å². The quantitative estimate of drug-likeness (QED) is 0.634. The lowest BCUT2D eigenvalue weighted by atomic mass is 9.82. The van der Waals surface area contributed by atoms with Crippen molar-refractivity contribution in [3.63, 3.8) is 0 Å². The van der Waals surface area contributed by atoms with Crippen LogP contribution in [0.4, 0.5) is 5.82 Å². The maximum Gasteiger partial charge on any atom is 0.147 e. The monoisotopic (exact) mass is 260 g/mol. The topological polar surface area (TPSA) is 63.8 Å². The highest BCUT2D eigenvalue weighted by Crippen LogP contribution is 2.36. The van der Waals surface area contributed by atoms with Crippen LogP contribution >= 0.6 is 0 Å². The van der Waals surface area contributed by atoms with E-state index in [2.05, 4.69) is 12.3 Å². The molecule has 104 valence electrons. The summed E-state index contributed by atoms with van der Waals surface area (Å²) in [5, 5.41) is 0. The van der Waals surface area contributed by atoms with E-state index in [4.69, 9.17) is 15.8 Å². The summed E-state index contributed by atoms with van der Waals surface area (Å²) in [5.41, 5.74) is 5.28. The molecule has 1 aromatic rings. The summed E-state index contributed by atoms with van der Waals surface area (Å²) >= 11 is 0. The van der Waals surface area contributed by atoms with E-state index in [9.17, 15) is 0 Å². The van der Waals surface area contributed by atoms with Gasteiger partial charge in [0.25, 0.3) is 0 Å². The lowest BCUT2D eigenvalue weighted by molar-refractivity contribution is 0.334. The molecule has 0 amide bonds. The smallest absolute Gasteiger partial charge is 0.147 e. The molecule has 2 aliphatic rings. The van der Waals surface area contributed by atoms with Crippen LogP contribution in [0.1, 0.15) is 68.4 Å². The Hall–Kier alpha value is -1.16. The highest BCUT2D eigenvalue weighted by atomic mass is 15.3. The van der Waals surface area contributed by atoms with Crippen LogP contribution in [0.2, 0.25) is 0 Å². The molecule has 1 aromatic heterocycles. The minimum Gasteiger partial charge on any atom is -0.308 e. The summed E-state index contributed by atoms with van der Waals surface area (Å²) < 4.78 is 0. The third-order valence-corrected chi connectivity index (χ3v) is 4.64. The Morgan fingerprint density at radius 1 is 1.11 bits per heavy atom. The average Bonchev–Trinajstić information content (AvgIpc) is 2.46. The van der Waals surface area contributed by atoms with Crippen molar-refractivity contribution in [1.29, 1.82) is 0 Å². The van der Waals surface area contributed by atoms with Crippen LogP contribution in [-0.4, -0.2) is 9.97 Å². The Morgan fingerprint density at radius 3 is 2.74 bits per heavy atom. The van der Waals surface area contributed by atoms with Crippen molar-refractivity contribution in [3.05, 3.63) is 17.1 Å². The summed E-state index contributed by atoms with van der Waals surface area (Å²) in [7, 11) is 0. The zero-order valence-electron chi connectivity index (χ0n) is 11.8. The molecule has 2 unspecified atom stereocenters. The van der Waals surface area contributed by atoms with Gasteiger partial charge in [-0.2, -0.15) is 0 Å². The van der Waals surface area contributed by atoms with Gasteiger partial charge in [0.2, 0.25) is 0 Å². The maximum atomic E-state index is 5.66. The molecule has 3 N–H and O–H groups in total. The van der Waals surface area contributed by atoms with Crippen molar-refractivity contribution >= 4 is 5.82 Å². The molecule has 4 heteroatoms.